The molecule has 0 heterocycles. The molecular weight excluding hydrogens is 202 g/mol. The summed E-state index contributed by atoms with van der Waals surface area (Å²) in [5.41, 5.74) is 5.83. The van der Waals surface area contributed by atoms with Crippen molar-refractivity contribution < 1.29 is 5.21 Å². The maximum atomic E-state index is 8.56. The van der Waals surface area contributed by atoms with E-state index in [9.17, 15) is 0 Å². The van der Waals surface area contributed by atoms with Gasteiger partial charge in [-0.05, 0) is 31.6 Å². The molecule has 1 saturated carbocycles. The van der Waals surface area contributed by atoms with Crippen LogP contribution in [0.2, 0.25) is 0 Å². The number of rotatable bonds is 8. The van der Waals surface area contributed by atoms with Gasteiger partial charge in [0.05, 0.1) is 0 Å². The van der Waals surface area contributed by atoms with Gasteiger partial charge in [-0.1, -0.05) is 24.9 Å². The minimum absolute atomic E-state index is 0.275. The van der Waals surface area contributed by atoms with E-state index < -0.39 is 0 Å². The zero-order valence-corrected chi connectivity index (χ0v) is 10.5. The van der Waals surface area contributed by atoms with E-state index in [1.54, 1.807) is 0 Å². The second-order valence-corrected chi connectivity index (χ2v) is 5.19. The van der Waals surface area contributed by atoms with Crippen LogP contribution in [0.25, 0.3) is 0 Å². The third kappa shape index (κ3) is 4.39. The van der Waals surface area contributed by atoms with Crippen molar-refractivity contribution in [2.24, 2.45) is 16.3 Å². The molecule has 4 nitrogen and oxygen atoms in total. The maximum absolute atomic E-state index is 8.56. The van der Waals surface area contributed by atoms with E-state index in [0.717, 1.165) is 13.0 Å². The van der Waals surface area contributed by atoms with Crippen molar-refractivity contribution in [3.05, 3.63) is 0 Å². The molecule has 0 aliphatic heterocycles. The number of nitrogens with two attached hydrogens (primary N) is 1. The van der Waals surface area contributed by atoms with Crippen LogP contribution in [0.3, 0.4) is 0 Å². The van der Waals surface area contributed by atoms with Crippen LogP contribution in [-0.2, 0) is 0 Å². The van der Waals surface area contributed by atoms with Gasteiger partial charge < -0.3 is 16.3 Å². The summed E-state index contributed by atoms with van der Waals surface area (Å²) in [4.78, 5) is 0. The van der Waals surface area contributed by atoms with Gasteiger partial charge in [0.2, 0.25) is 0 Å². The maximum Gasteiger partial charge on any atom is 0.139 e. The minimum Gasteiger partial charge on any atom is -0.409 e. The Balaban J connectivity index is 2.21. The van der Waals surface area contributed by atoms with Crippen molar-refractivity contribution in [1.29, 1.82) is 0 Å². The number of hydrogen-bond donors (Lipinski definition) is 3. The Bertz CT molecular complexity index is 236. The molecule has 1 unspecified atom stereocenters. The number of oxime groups is 1. The highest BCUT2D eigenvalue weighted by Gasteiger charge is 2.43. The van der Waals surface area contributed by atoms with E-state index >= 15 is 0 Å². The van der Waals surface area contributed by atoms with Gasteiger partial charge in [-0.2, -0.15) is 0 Å². The average molecular weight is 227 g/mol. The molecule has 1 aliphatic carbocycles. The van der Waals surface area contributed by atoms with Gasteiger partial charge in [0.25, 0.3) is 0 Å². The fourth-order valence-corrected chi connectivity index (χ4v) is 2.02. The molecule has 1 rings (SSSR count). The molecule has 4 heteroatoms. The van der Waals surface area contributed by atoms with Crippen LogP contribution >= 0.6 is 0 Å². The lowest BCUT2D eigenvalue weighted by molar-refractivity contribution is 0.313. The number of nitrogens with zero attached hydrogens (tertiary/aromatic N) is 1. The standard InChI is InChI=1S/C12H25N3O/c1-3-4-5-10(2)14-9-12(6-7-12)8-11(13)15-16/h10,14,16H,3-9H2,1-2H3,(H2,13,15). The molecule has 0 aromatic rings. The predicted molar refractivity (Wildman–Crippen MR) is 66.7 cm³/mol. The first-order chi connectivity index (χ1) is 7.62. The fraction of sp³-hybridized carbons (Fsp3) is 0.917. The molecule has 0 spiro atoms. The summed E-state index contributed by atoms with van der Waals surface area (Å²) in [6.07, 6.45) is 6.86. The predicted octanol–water partition coefficient (Wildman–Crippen LogP) is 2.07. The summed E-state index contributed by atoms with van der Waals surface area (Å²) in [5, 5.41) is 15.2. The molecular formula is C12H25N3O. The van der Waals surface area contributed by atoms with Gasteiger partial charge in [0.15, 0.2) is 0 Å². The van der Waals surface area contributed by atoms with Crippen LogP contribution < -0.4 is 11.1 Å². The largest absolute Gasteiger partial charge is 0.409 e. The lowest BCUT2D eigenvalue weighted by Crippen LogP contribution is -2.34. The molecule has 0 aromatic carbocycles. The van der Waals surface area contributed by atoms with Crippen molar-refractivity contribution in [3.63, 3.8) is 0 Å². The average Bonchev–Trinajstić information content (AvgIpc) is 3.04. The highest BCUT2D eigenvalue weighted by Crippen LogP contribution is 2.48. The summed E-state index contributed by atoms with van der Waals surface area (Å²) in [5.74, 6) is 0.362. The Hall–Kier alpha value is -0.770. The minimum atomic E-state index is 0.275. The molecule has 1 aliphatic rings. The van der Waals surface area contributed by atoms with Crippen molar-refractivity contribution in [2.75, 3.05) is 6.54 Å². The lowest BCUT2D eigenvalue weighted by Gasteiger charge is -2.19. The smallest absolute Gasteiger partial charge is 0.139 e. The molecule has 0 saturated heterocycles. The summed E-state index contributed by atoms with van der Waals surface area (Å²) in [6.45, 7) is 5.44. The highest BCUT2D eigenvalue weighted by atomic mass is 16.4. The van der Waals surface area contributed by atoms with Crippen molar-refractivity contribution in [1.82, 2.24) is 5.32 Å². The number of amidine groups is 1. The summed E-state index contributed by atoms with van der Waals surface area (Å²) in [6, 6.07) is 0.574. The Morgan fingerprint density at radius 3 is 2.75 bits per heavy atom. The highest BCUT2D eigenvalue weighted by molar-refractivity contribution is 5.80. The van der Waals surface area contributed by atoms with E-state index in [1.165, 1.54) is 32.1 Å². The SMILES string of the molecule is CCCCC(C)NCC1(CC(N)=NO)CC1. The first-order valence-corrected chi connectivity index (χ1v) is 6.31. The second-order valence-electron chi connectivity index (χ2n) is 5.19. The van der Waals surface area contributed by atoms with Crippen molar-refractivity contribution >= 4 is 5.84 Å². The zero-order valence-electron chi connectivity index (χ0n) is 10.5. The lowest BCUT2D eigenvalue weighted by atomic mass is 10.0. The second kappa shape index (κ2) is 6.09. The van der Waals surface area contributed by atoms with Crippen LogP contribution in [0, 0.1) is 5.41 Å². The van der Waals surface area contributed by atoms with E-state index in [4.69, 9.17) is 10.9 Å². The van der Waals surface area contributed by atoms with Crippen LogP contribution in [0.4, 0.5) is 0 Å². The summed E-state index contributed by atoms with van der Waals surface area (Å²) in [7, 11) is 0. The first-order valence-electron chi connectivity index (χ1n) is 6.31. The Labute approximate surface area is 98.3 Å². The third-order valence-electron chi connectivity index (χ3n) is 3.46. The summed E-state index contributed by atoms with van der Waals surface area (Å²) >= 11 is 0. The molecule has 16 heavy (non-hydrogen) atoms. The van der Waals surface area contributed by atoms with E-state index in [0.29, 0.717) is 11.9 Å². The zero-order chi connectivity index (χ0) is 12.0. The quantitative estimate of drug-likeness (QED) is 0.257. The van der Waals surface area contributed by atoms with Gasteiger partial charge in [-0.15, -0.1) is 0 Å². The van der Waals surface area contributed by atoms with Crippen molar-refractivity contribution in [2.45, 2.75) is 58.4 Å². The van der Waals surface area contributed by atoms with E-state index in [2.05, 4.69) is 24.3 Å². The summed E-state index contributed by atoms with van der Waals surface area (Å²) < 4.78 is 0. The normalized spacial score (nSPS) is 20.8. The number of hydrogen-bond acceptors (Lipinski definition) is 3. The van der Waals surface area contributed by atoms with E-state index in [1.807, 2.05) is 0 Å². The van der Waals surface area contributed by atoms with Crippen LogP contribution in [0.1, 0.15) is 52.4 Å². The molecule has 0 aromatic heterocycles. The molecule has 4 N–H and O–H groups in total. The molecule has 0 bridgehead atoms. The van der Waals surface area contributed by atoms with Crippen LogP contribution in [-0.4, -0.2) is 23.6 Å². The van der Waals surface area contributed by atoms with Gasteiger partial charge in [-0.3, -0.25) is 0 Å². The molecule has 1 fully saturated rings. The third-order valence-corrected chi connectivity index (χ3v) is 3.46. The van der Waals surface area contributed by atoms with Gasteiger partial charge >= 0.3 is 0 Å². The van der Waals surface area contributed by atoms with Crippen molar-refractivity contribution in [3.8, 4) is 0 Å². The van der Waals surface area contributed by atoms with Gasteiger partial charge in [0, 0.05) is 19.0 Å². The van der Waals surface area contributed by atoms with Gasteiger partial charge in [0.1, 0.15) is 5.84 Å². The van der Waals surface area contributed by atoms with E-state index in [-0.39, 0.29) is 5.41 Å². The molecule has 0 amide bonds. The molecule has 1 atom stereocenters. The Kier molecular flexibility index (Phi) is 5.06. The van der Waals surface area contributed by atoms with Crippen LogP contribution in [0.5, 0.6) is 0 Å². The topological polar surface area (TPSA) is 70.6 Å². The first kappa shape index (κ1) is 13.3. The molecule has 94 valence electrons. The Morgan fingerprint density at radius 2 is 2.25 bits per heavy atom. The number of unbranched alkanes of at least 4 members (excludes halogenated alkanes) is 1. The monoisotopic (exact) mass is 227 g/mol. The van der Waals surface area contributed by atoms with Crippen LogP contribution in [0.15, 0.2) is 5.16 Å². The molecule has 0 radical (unpaired) electrons. The fourth-order valence-electron chi connectivity index (χ4n) is 2.02. The number of nitrogens with one attached hydrogen (secondary N) is 1. The van der Waals surface area contributed by atoms with Gasteiger partial charge in [-0.25, -0.2) is 0 Å². The Morgan fingerprint density at radius 1 is 1.56 bits per heavy atom.